The summed E-state index contributed by atoms with van der Waals surface area (Å²) in [6.45, 7) is 1.27. The highest BCUT2D eigenvalue weighted by Gasteiger charge is 2.25. The van der Waals surface area contributed by atoms with Gasteiger partial charge in [-0.25, -0.2) is 12.7 Å². The van der Waals surface area contributed by atoms with Crippen molar-refractivity contribution in [3.63, 3.8) is 0 Å². The summed E-state index contributed by atoms with van der Waals surface area (Å²) in [5.74, 6) is -0.904. The molecule has 0 unspecified atom stereocenters. The van der Waals surface area contributed by atoms with E-state index in [1.807, 2.05) is 12.1 Å². The van der Waals surface area contributed by atoms with Crippen molar-refractivity contribution in [1.29, 1.82) is 0 Å². The Kier molecular flexibility index (Phi) is 4.20. The Bertz CT molecular complexity index is 642. The molecule has 0 spiro atoms. The maximum Gasteiger partial charge on any atom is 0.246 e. The molecule has 0 saturated carbocycles. The lowest BCUT2D eigenvalue weighted by molar-refractivity contribution is -0.114. The van der Waals surface area contributed by atoms with Crippen LogP contribution < -0.4 is 4.31 Å². The van der Waals surface area contributed by atoms with Gasteiger partial charge in [0.1, 0.15) is 11.5 Å². The average molecular weight is 289 g/mol. The van der Waals surface area contributed by atoms with Crippen LogP contribution >= 0.6 is 0 Å². The Morgan fingerprint density at radius 3 is 1.65 bits per heavy atom. The number of ketones is 1. The van der Waals surface area contributed by atoms with Gasteiger partial charge < -0.3 is 0 Å². The molecule has 0 radical (unpaired) electrons. The number of benzene rings is 2. The number of carbonyl (C=O) groups excluding carboxylic acids is 1. The van der Waals surface area contributed by atoms with Crippen molar-refractivity contribution in [2.24, 2.45) is 0 Å². The number of nitrogens with zero attached hydrogens (tertiary/aromatic N) is 1. The first kappa shape index (κ1) is 14.3. The molecule has 104 valence electrons. The van der Waals surface area contributed by atoms with Crippen molar-refractivity contribution >= 4 is 27.2 Å². The molecule has 2 aromatic rings. The minimum atomic E-state index is -3.74. The molecule has 0 fully saturated rings. The van der Waals surface area contributed by atoms with Crippen LogP contribution in [0.1, 0.15) is 6.92 Å². The maximum atomic E-state index is 12.4. The van der Waals surface area contributed by atoms with Gasteiger partial charge in [-0.15, -0.1) is 0 Å². The van der Waals surface area contributed by atoms with Gasteiger partial charge in [0.2, 0.25) is 10.0 Å². The molecule has 2 rings (SSSR count). The number of hydrogen-bond acceptors (Lipinski definition) is 3. The van der Waals surface area contributed by atoms with E-state index in [0.717, 1.165) is 0 Å². The number of sulfonamides is 1. The molecular weight excluding hydrogens is 274 g/mol. The monoisotopic (exact) mass is 289 g/mol. The fourth-order valence-electron chi connectivity index (χ4n) is 1.92. The lowest BCUT2D eigenvalue weighted by Crippen LogP contribution is -2.31. The predicted octanol–water partition coefficient (Wildman–Crippen LogP) is 2.74. The molecule has 0 N–H and O–H groups in total. The first-order chi connectivity index (χ1) is 9.50. The van der Waals surface area contributed by atoms with E-state index in [-0.39, 0.29) is 5.78 Å². The Hall–Kier alpha value is -2.14. The Labute approximate surface area is 118 Å². The third-order valence-electron chi connectivity index (χ3n) is 2.65. The van der Waals surface area contributed by atoms with Crippen LogP contribution in [0.25, 0.3) is 0 Å². The van der Waals surface area contributed by atoms with Gasteiger partial charge in [-0.1, -0.05) is 36.4 Å². The number of carbonyl (C=O) groups is 1. The second-order valence-corrected chi connectivity index (χ2v) is 6.21. The van der Waals surface area contributed by atoms with Crippen LogP contribution in [-0.4, -0.2) is 20.0 Å². The van der Waals surface area contributed by atoms with E-state index in [1.54, 1.807) is 48.5 Å². The van der Waals surface area contributed by atoms with Crippen LogP contribution in [0.4, 0.5) is 11.4 Å². The van der Waals surface area contributed by atoms with Gasteiger partial charge in [-0.3, -0.25) is 4.79 Å². The molecule has 0 aromatic heterocycles. The second kappa shape index (κ2) is 5.88. The number of anilines is 2. The van der Waals surface area contributed by atoms with Gasteiger partial charge >= 0.3 is 0 Å². The summed E-state index contributed by atoms with van der Waals surface area (Å²) in [5.41, 5.74) is 1.03. The van der Waals surface area contributed by atoms with Crippen molar-refractivity contribution in [3.05, 3.63) is 60.7 Å². The van der Waals surface area contributed by atoms with E-state index in [9.17, 15) is 13.2 Å². The lowest BCUT2D eigenvalue weighted by atomic mass is 10.3. The van der Waals surface area contributed by atoms with Gasteiger partial charge in [-0.05, 0) is 31.2 Å². The summed E-state index contributed by atoms with van der Waals surface area (Å²) in [5, 5.41) is 0. The summed E-state index contributed by atoms with van der Waals surface area (Å²) in [6.07, 6.45) is 0. The van der Waals surface area contributed by atoms with E-state index in [4.69, 9.17) is 0 Å². The molecule has 5 heteroatoms. The smallest absolute Gasteiger partial charge is 0.246 e. The minimum Gasteiger partial charge on any atom is -0.299 e. The van der Waals surface area contributed by atoms with E-state index in [0.29, 0.717) is 11.4 Å². The number of rotatable bonds is 5. The zero-order valence-electron chi connectivity index (χ0n) is 11.1. The molecule has 0 atom stereocenters. The normalized spacial score (nSPS) is 11.1. The summed E-state index contributed by atoms with van der Waals surface area (Å²) >= 11 is 0. The molecule has 0 heterocycles. The second-order valence-electron chi connectivity index (χ2n) is 4.39. The Morgan fingerprint density at radius 1 is 0.900 bits per heavy atom. The number of hydrogen-bond donors (Lipinski definition) is 0. The molecule has 2 aromatic carbocycles. The van der Waals surface area contributed by atoms with Crippen molar-refractivity contribution in [1.82, 2.24) is 0 Å². The molecular formula is C15H15NO3S. The summed E-state index contributed by atoms with van der Waals surface area (Å²) in [4.78, 5) is 11.2. The number of Topliss-reactive ketones (excluding diaryl/α,β-unsaturated/α-hetero) is 1. The van der Waals surface area contributed by atoms with Crippen LogP contribution in [0.5, 0.6) is 0 Å². The van der Waals surface area contributed by atoms with Crippen molar-refractivity contribution in [2.45, 2.75) is 6.92 Å². The van der Waals surface area contributed by atoms with Crippen LogP contribution in [0.2, 0.25) is 0 Å². The van der Waals surface area contributed by atoms with Gasteiger partial charge in [-0.2, -0.15) is 0 Å². The van der Waals surface area contributed by atoms with E-state index >= 15 is 0 Å². The summed E-state index contributed by atoms with van der Waals surface area (Å²) < 4.78 is 26.1. The highest BCUT2D eigenvalue weighted by molar-refractivity contribution is 7.93. The molecule has 20 heavy (non-hydrogen) atoms. The molecule has 0 aliphatic heterocycles. The van der Waals surface area contributed by atoms with Crippen LogP contribution in [0.3, 0.4) is 0 Å². The Morgan fingerprint density at radius 2 is 1.30 bits per heavy atom. The predicted molar refractivity (Wildman–Crippen MR) is 79.5 cm³/mol. The van der Waals surface area contributed by atoms with E-state index in [2.05, 4.69) is 0 Å². The standard InChI is InChI=1S/C15H15NO3S/c1-13(17)12-20(18,19)16(14-8-4-2-5-9-14)15-10-6-3-7-11-15/h2-11H,12H2,1H3. The van der Waals surface area contributed by atoms with Crippen LogP contribution in [-0.2, 0) is 14.8 Å². The van der Waals surface area contributed by atoms with Gasteiger partial charge in [0, 0.05) is 0 Å². The summed E-state index contributed by atoms with van der Waals surface area (Å²) in [7, 11) is -3.74. The maximum absolute atomic E-state index is 12.4. The van der Waals surface area contributed by atoms with E-state index < -0.39 is 15.8 Å². The van der Waals surface area contributed by atoms with E-state index in [1.165, 1.54) is 11.2 Å². The zero-order chi connectivity index (χ0) is 14.6. The van der Waals surface area contributed by atoms with Crippen molar-refractivity contribution in [3.8, 4) is 0 Å². The first-order valence-electron chi connectivity index (χ1n) is 6.13. The SMILES string of the molecule is CC(=O)CS(=O)(=O)N(c1ccccc1)c1ccccc1. The lowest BCUT2D eigenvalue weighted by Gasteiger charge is -2.24. The first-order valence-corrected chi connectivity index (χ1v) is 7.74. The highest BCUT2D eigenvalue weighted by Crippen LogP contribution is 2.28. The fourth-order valence-corrected chi connectivity index (χ4v) is 3.45. The topological polar surface area (TPSA) is 54.5 Å². The molecule has 0 aliphatic rings. The zero-order valence-corrected chi connectivity index (χ0v) is 11.9. The van der Waals surface area contributed by atoms with Crippen molar-refractivity contribution in [2.75, 3.05) is 10.1 Å². The molecule has 0 bridgehead atoms. The highest BCUT2D eigenvalue weighted by atomic mass is 32.2. The van der Waals surface area contributed by atoms with Gasteiger partial charge in [0.25, 0.3) is 0 Å². The quantitative estimate of drug-likeness (QED) is 0.850. The third-order valence-corrected chi connectivity index (χ3v) is 4.39. The minimum absolute atomic E-state index is 0.387. The Balaban J connectivity index is 2.54. The largest absolute Gasteiger partial charge is 0.299 e. The fraction of sp³-hybridized carbons (Fsp3) is 0.133. The molecule has 0 saturated heterocycles. The van der Waals surface area contributed by atoms with Crippen molar-refractivity contribution < 1.29 is 13.2 Å². The number of para-hydroxylation sites is 2. The molecule has 4 nitrogen and oxygen atoms in total. The van der Waals surface area contributed by atoms with Crippen LogP contribution in [0, 0.1) is 0 Å². The molecule has 0 aliphatic carbocycles. The van der Waals surface area contributed by atoms with Gasteiger partial charge in [0.05, 0.1) is 11.4 Å². The van der Waals surface area contributed by atoms with Crippen LogP contribution in [0.15, 0.2) is 60.7 Å². The third kappa shape index (κ3) is 3.24. The summed E-state index contributed by atoms with van der Waals surface area (Å²) in [6, 6.07) is 17.4. The average Bonchev–Trinajstić information content (AvgIpc) is 2.39. The molecule has 0 amide bonds. The van der Waals surface area contributed by atoms with Gasteiger partial charge in [0.15, 0.2) is 0 Å².